The molecule has 0 unspecified atom stereocenters. The van der Waals surface area contributed by atoms with E-state index < -0.39 is 0 Å². The van der Waals surface area contributed by atoms with E-state index in [0.29, 0.717) is 12.5 Å². The molecule has 0 saturated heterocycles. The standard InChI is InChI=1S/C19H22FN3.HI/c20-17-8-1-4-14(12-17)5-3-11-22-19(21)23-18-10-9-15-6-2-7-16(15)13-18;/h1,4,8-10,12-13H,2-3,5-7,11H2,(H3,21,22,23);1H. The minimum absolute atomic E-state index is 0. The molecule has 128 valence electrons. The summed E-state index contributed by atoms with van der Waals surface area (Å²) in [4.78, 5) is 4.34. The van der Waals surface area contributed by atoms with Crippen molar-refractivity contribution in [2.24, 2.45) is 10.7 Å². The zero-order valence-corrected chi connectivity index (χ0v) is 15.9. The van der Waals surface area contributed by atoms with Gasteiger partial charge in [-0.1, -0.05) is 18.2 Å². The van der Waals surface area contributed by atoms with Crippen molar-refractivity contribution in [1.82, 2.24) is 0 Å². The van der Waals surface area contributed by atoms with E-state index in [4.69, 9.17) is 5.73 Å². The molecule has 0 aromatic heterocycles. The zero-order valence-electron chi connectivity index (χ0n) is 13.6. The summed E-state index contributed by atoms with van der Waals surface area (Å²) < 4.78 is 13.1. The van der Waals surface area contributed by atoms with Gasteiger partial charge in [-0.15, -0.1) is 24.0 Å². The maximum absolute atomic E-state index is 13.1. The largest absolute Gasteiger partial charge is 0.370 e. The average Bonchev–Trinajstić information content (AvgIpc) is 2.99. The number of nitrogens with two attached hydrogens (primary N) is 1. The number of aryl methyl sites for hydroxylation is 3. The Morgan fingerprint density at radius 1 is 1.12 bits per heavy atom. The Bertz CT molecular complexity index is 716. The highest BCUT2D eigenvalue weighted by Crippen LogP contribution is 2.24. The number of aliphatic imine (C=N–C) groups is 1. The number of halogens is 2. The van der Waals surface area contributed by atoms with Crippen molar-refractivity contribution in [2.45, 2.75) is 32.1 Å². The van der Waals surface area contributed by atoms with Crippen LogP contribution in [0.5, 0.6) is 0 Å². The van der Waals surface area contributed by atoms with Crippen molar-refractivity contribution >= 4 is 35.6 Å². The lowest BCUT2D eigenvalue weighted by Gasteiger charge is -2.08. The lowest BCUT2D eigenvalue weighted by molar-refractivity contribution is 0.624. The molecule has 1 aliphatic rings. The summed E-state index contributed by atoms with van der Waals surface area (Å²) in [6, 6.07) is 13.1. The third-order valence-electron chi connectivity index (χ3n) is 4.17. The van der Waals surface area contributed by atoms with E-state index in [0.717, 1.165) is 30.5 Å². The van der Waals surface area contributed by atoms with E-state index in [1.54, 1.807) is 12.1 Å². The first-order valence-electron chi connectivity index (χ1n) is 8.14. The Morgan fingerprint density at radius 2 is 1.96 bits per heavy atom. The van der Waals surface area contributed by atoms with Gasteiger partial charge < -0.3 is 11.1 Å². The highest BCUT2D eigenvalue weighted by atomic mass is 127. The normalized spacial score (nSPS) is 13.3. The van der Waals surface area contributed by atoms with E-state index in [9.17, 15) is 4.39 Å². The summed E-state index contributed by atoms with van der Waals surface area (Å²) in [6.45, 7) is 0.625. The van der Waals surface area contributed by atoms with Crippen LogP contribution in [0.3, 0.4) is 0 Å². The van der Waals surface area contributed by atoms with Crippen molar-refractivity contribution in [3.05, 3.63) is 65.0 Å². The van der Waals surface area contributed by atoms with Gasteiger partial charge in [-0.2, -0.15) is 0 Å². The van der Waals surface area contributed by atoms with E-state index in [-0.39, 0.29) is 29.8 Å². The van der Waals surface area contributed by atoms with Crippen LogP contribution in [0.1, 0.15) is 29.5 Å². The molecule has 3 nitrogen and oxygen atoms in total. The Hall–Kier alpha value is -1.63. The van der Waals surface area contributed by atoms with Gasteiger partial charge in [-0.3, -0.25) is 4.99 Å². The number of benzene rings is 2. The Balaban J connectivity index is 0.00000208. The number of rotatable bonds is 5. The molecule has 0 aliphatic heterocycles. The van der Waals surface area contributed by atoms with Crippen LogP contribution in [-0.4, -0.2) is 12.5 Å². The van der Waals surface area contributed by atoms with Gasteiger partial charge in [0.1, 0.15) is 5.82 Å². The van der Waals surface area contributed by atoms with Crippen LogP contribution in [0.4, 0.5) is 10.1 Å². The quantitative estimate of drug-likeness (QED) is 0.316. The van der Waals surface area contributed by atoms with Gasteiger partial charge in [0.15, 0.2) is 5.96 Å². The van der Waals surface area contributed by atoms with E-state index in [1.165, 1.54) is 30.0 Å². The highest BCUT2D eigenvalue weighted by Gasteiger charge is 2.10. The maximum atomic E-state index is 13.1. The van der Waals surface area contributed by atoms with Gasteiger partial charge in [0, 0.05) is 12.2 Å². The molecular weight excluding hydrogens is 416 g/mol. The smallest absolute Gasteiger partial charge is 0.193 e. The highest BCUT2D eigenvalue weighted by molar-refractivity contribution is 14.0. The van der Waals surface area contributed by atoms with Crippen molar-refractivity contribution < 1.29 is 4.39 Å². The van der Waals surface area contributed by atoms with Gasteiger partial charge in [0.25, 0.3) is 0 Å². The number of nitrogens with one attached hydrogen (secondary N) is 1. The van der Waals surface area contributed by atoms with Gasteiger partial charge in [-0.05, 0) is 73.1 Å². The predicted molar refractivity (Wildman–Crippen MR) is 109 cm³/mol. The summed E-state index contributed by atoms with van der Waals surface area (Å²) in [7, 11) is 0. The molecule has 1 aliphatic carbocycles. The number of fused-ring (bicyclic) bond motifs is 1. The Labute approximate surface area is 159 Å². The monoisotopic (exact) mass is 439 g/mol. The first-order chi connectivity index (χ1) is 11.2. The van der Waals surface area contributed by atoms with Gasteiger partial charge in [-0.25, -0.2) is 4.39 Å². The lowest BCUT2D eigenvalue weighted by atomic mass is 10.1. The molecule has 5 heteroatoms. The summed E-state index contributed by atoms with van der Waals surface area (Å²) >= 11 is 0. The summed E-state index contributed by atoms with van der Waals surface area (Å²) in [5.41, 5.74) is 10.8. The van der Waals surface area contributed by atoms with Crippen LogP contribution in [0.15, 0.2) is 47.5 Å². The number of hydrogen-bond acceptors (Lipinski definition) is 1. The first-order valence-corrected chi connectivity index (χ1v) is 8.14. The molecule has 3 N–H and O–H groups in total. The molecular formula is C19H23FIN3. The van der Waals surface area contributed by atoms with Crippen LogP contribution in [0, 0.1) is 5.82 Å². The Kier molecular flexibility index (Phi) is 7.02. The number of guanidine groups is 1. The molecule has 0 heterocycles. The minimum Gasteiger partial charge on any atom is -0.370 e. The number of nitrogens with zero attached hydrogens (tertiary/aromatic N) is 1. The minimum atomic E-state index is -0.191. The topological polar surface area (TPSA) is 50.4 Å². The third-order valence-corrected chi connectivity index (χ3v) is 4.17. The molecule has 2 aromatic rings. The molecule has 0 bridgehead atoms. The summed E-state index contributed by atoms with van der Waals surface area (Å²) in [5, 5.41) is 3.15. The fourth-order valence-electron chi connectivity index (χ4n) is 3.01. The van der Waals surface area contributed by atoms with Gasteiger partial charge in [0.2, 0.25) is 0 Å². The van der Waals surface area contributed by atoms with Crippen molar-refractivity contribution in [1.29, 1.82) is 0 Å². The maximum Gasteiger partial charge on any atom is 0.193 e. The van der Waals surface area contributed by atoms with Crippen LogP contribution >= 0.6 is 24.0 Å². The predicted octanol–water partition coefficient (Wildman–Crippen LogP) is 4.29. The van der Waals surface area contributed by atoms with Gasteiger partial charge in [0.05, 0.1) is 0 Å². The molecule has 24 heavy (non-hydrogen) atoms. The zero-order chi connectivity index (χ0) is 16.1. The van der Waals surface area contributed by atoms with Crippen LogP contribution in [-0.2, 0) is 19.3 Å². The van der Waals surface area contributed by atoms with Gasteiger partial charge >= 0.3 is 0 Å². The Morgan fingerprint density at radius 3 is 2.79 bits per heavy atom. The van der Waals surface area contributed by atoms with Crippen LogP contribution in [0.2, 0.25) is 0 Å². The van der Waals surface area contributed by atoms with Crippen molar-refractivity contribution in [2.75, 3.05) is 11.9 Å². The molecule has 0 amide bonds. The van der Waals surface area contributed by atoms with E-state index >= 15 is 0 Å². The van der Waals surface area contributed by atoms with Crippen molar-refractivity contribution in [3.63, 3.8) is 0 Å². The SMILES string of the molecule is I.NC(=NCCCc1cccc(F)c1)Nc1ccc2c(c1)CCC2. The van der Waals surface area contributed by atoms with E-state index in [1.807, 2.05) is 6.07 Å². The molecule has 0 atom stereocenters. The van der Waals surface area contributed by atoms with Crippen molar-refractivity contribution in [3.8, 4) is 0 Å². The third kappa shape index (κ3) is 5.19. The molecule has 2 aromatic carbocycles. The second kappa shape index (κ2) is 9.01. The molecule has 0 radical (unpaired) electrons. The first kappa shape index (κ1) is 18.7. The molecule has 0 fully saturated rings. The fraction of sp³-hybridized carbons (Fsp3) is 0.316. The lowest BCUT2D eigenvalue weighted by Crippen LogP contribution is -2.23. The second-order valence-corrected chi connectivity index (χ2v) is 5.96. The summed E-state index contributed by atoms with van der Waals surface area (Å²) in [6.07, 6.45) is 5.21. The van der Waals surface area contributed by atoms with E-state index in [2.05, 4.69) is 28.5 Å². The second-order valence-electron chi connectivity index (χ2n) is 5.96. The van der Waals surface area contributed by atoms with Crippen LogP contribution in [0.25, 0.3) is 0 Å². The molecule has 0 spiro atoms. The number of hydrogen-bond donors (Lipinski definition) is 2. The summed E-state index contributed by atoms with van der Waals surface area (Å²) in [5.74, 6) is 0.242. The number of anilines is 1. The molecule has 0 saturated carbocycles. The molecule has 3 rings (SSSR count). The fourth-order valence-corrected chi connectivity index (χ4v) is 3.01. The average molecular weight is 439 g/mol. The van der Waals surface area contributed by atoms with Crippen LogP contribution < -0.4 is 11.1 Å².